The molecule has 0 aromatic heterocycles. The van der Waals surface area contributed by atoms with E-state index in [0.717, 1.165) is 16.7 Å². The molecule has 0 radical (unpaired) electrons. The van der Waals surface area contributed by atoms with Crippen molar-refractivity contribution in [3.05, 3.63) is 59.7 Å². The fraction of sp³-hybridized carbons (Fsp3) is 0.176. The number of rotatable bonds is 5. The normalized spacial score (nSPS) is 11.9. The van der Waals surface area contributed by atoms with Crippen LogP contribution in [-0.2, 0) is 4.79 Å². The average molecular weight is 282 g/mol. The summed E-state index contributed by atoms with van der Waals surface area (Å²) in [6, 6.07) is 14.6. The van der Waals surface area contributed by atoms with Gasteiger partial charge >= 0.3 is 0 Å². The molecule has 0 heterocycles. The molecule has 2 aromatic rings. The summed E-state index contributed by atoms with van der Waals surface area (Å²) in [5, 5.41) is 0. The van der Waals surface area contributed by atoms with E-state index in [0.29, 0.717) is 5.56 Å². The Kier molecular flexibility index (Phi) is 4.50. The second-order valence-corrected chi connectivity index (χ2v) is 5.04. The minimum absolute atomic E-state index is 0.0263. The molecule has 1 atom stereocenters. The van der Waals surface area contributed by atoms with Gasteiger partial charge in [0.25, 0.3) is 0 Å². The molecular weight excluding hydrogens is 264 g/mol. The SMILES string of the molecule is CC(=O)c1cccc(-c2cccc(C(N)CC(N)=O)c2)c1. The zero-order chi connectivity index (χ0) is 15.4. The average Bonchev–Trinajstić information content (AvgIpc) is 2.47. The van der Waals surface area contributed by atoms with Crippen LogP contribution in [0, 0.1) is 0 Å². The smallest absolute Gasteiger partial charge is 0.219 e. The van der Waals surface area contributed by atoms with Gasteiger partial charge in [-0.1, -0.05) is 36.4 Å². The Labute approximate surface area is 123 Å². The van der Waals surface area contributed by atoms with Crippen molar-refractivity contribution in [2.75, 3.05) is 0 Å². The number of primary amides is 1. The van der Waals surface area contributed by atoms with Gasteiger partial charge in [0.1, 0.15) is 0 Å². The summed E-state index contributed by atoms with van der Waals surface area (Å²) in [6.45, 7) is 1.54. The molecule has 4 nitrogen and oxygen atoms in total. The second-order valence-electron chi connectivity index (χ2n) is 5.04. The van der Waals surface area contributed by atoms with Crippen LogP contribution in [0.15, 0.2) is 48.5 Å². The number of hydrogen-bond acceptors (Lipinski definition) is 3. The van der Waals surface area contributed by atoms with Gasteiger partial charge in [0.2, 0.25) is 5.91 Å². The Morgan fingerprint density at radius 2 is 1.67 bits per heavy atom. The van der Waals surface area contributed by atoms with Crippen LogP contribution in [0.4, 0.5) is 0 Å². The van der Waals surface area contributed by atoms with Gasteiger partial charge < -0.3 is 11.5 Å². The Morgan fingerprint density at radius 3 is 2.29 bits per heavy atom. The molecule has 1 amide bonds. The maximum Gasteiger partial charge on any atom is 0.219 e. The molecule has 0 aliphatic heterocycles. The van der Waals surface area contributed by atoms with E-state index >= 15 is 0 Å². The predicted molar refractivity (Wildman–Crippen MR) is 82.6 cm³/mol. The third-order valence-corrected chi connectivity index (χ3v) is 3.34. The predicted octanol–water partition coefficient (Wildman–Crippen LogP) is 2.43. The van der Waals surface area contributed by atoms with Crippen LogP contribution in [0.3, 0.4) is 0 Å². The van der Waals surface area contributed by atoms with E-state index in [1.807, 2.05) is 42.5 Å². The first-order valence-electron chi connectivity index (χ1n) is 6.72. The lowest BCUT2D eigenvalue weighted by Crippen LogP contribution is -2.20. The molecule has 0 saturated carbocycles. The highest BCUT2D eigenvalue weighted by Gasteiger charge is 2.10. The highest BCUT2D eigenvalue weighted by Crippen LogP contribution is 2.24. The van der Waals surface area contributed by atoms with Gasteiger partial charge in [-0.25, -0.2) is 0 Å². The van der Waals surface area contributed by atoms with Gasteiger partial charge in [-0.15, -0.1) is 0 Å². The Balaban J connectivity index is 2.35. The quantitative estimate of drug-likeness (QED) is 0.826. The summed E-state index contributed by atoms with van der Waals surface area (Å²) < 4.78 is 0. The van der Waals surface area contributed by atoms with Crippen molar-refractivity contribution in [1.82, 2.24) is 0 Å². The van der Waals surface area contributed by atoms with Crippen LogP contribution in [0.25, 0.3) is 11.1 Å². The lowest BCUT2D eigenvalue weighted by Gasteiger charge is -2.12. The number of hydrogen-bond donors (Lipinski definition) is 2. The Morgan fingerprint density at radius 1 is 1.05 bits per heavy atom. The van der Waals surface area contributed by atoms with E-state index in [1.165, 1.54) is 6.92 Å². The zero-order valence-corrected chi connectivity index (χ0v) is 11.9. The summed E-state index contributed by atoms with van der Waals surface area (Å²) in [5.41, 5.74) is 14.6. The molecule has 4 N–H and O–H groups in total. The molecule has 108 valence electrons. The molecule has 1 unspecified atom stereocenters. The molecule has 0 fully saturated rings. The fourth-order valence-electron chi connectivity index (χ4n) is 2.20. The number of carbonyl (C=O) groups is 2. The molecule has 2 rings (SSSR count). The summed E-state index contributed by atoms with van der Waals surface area (Å²) in [5.74, 6) is -0.398. The minimum Gasteiger partial charge on any atom is -0.370 e. The number of nitrogens with two attached hydrogens (primary N) is 2. The number of benzene rings is 2. The highest BCUT2D eigenvalue weighted by atomic mass is 16.1. The number of Topliss-reactive ketones (excluding diaryl/α,β-unsaturated/α-hetero) is 1. The van der Waals surface area contributed by atoms with E-state index in [4.69, 9.17) is 11.5 Å². The van der Waals surface area contributed by atoms with Crippen molar-refractivity contribution in [3.8, 4) is 11.1 Å². The van der Waals surface area contributed by atoms with Crippen LogP contribution in [-0.4, -0.2) is 11.7 Å². The minimum atomic E-state index is -0.425. The maximum atomic E-state index is 11.5. The van der Waals surface area contributed by atoms with Crippen LogP contribution in [0.5, 0.6) is 0 Å². The van der Waals surface area contributed by atoms with Crippen LogP contribution < -0.4 is 11.5 Å². The first-order valence-corrected chi connectivity index (χ1v) is 6.72. The zero-order valence-electron chi connectivity index (χ0n) is 11.9. The summed E-state index contributed by atoms with van der Waals surface area (Å²) in [6.07, 6.45) is 0.108. The van der Waals surface area contributed by atoms with E-state index in [1.54, 1.807) is 6.07 Å². The standard InChI is InChI=1S/C17H18N2O2/c1-11(20)12-4-2-5-13(8-12)14-6-3-7-15(9-14)16(18)10-17(19)21/h2-9,16H,10,18H2,1H3,(H2,19,21). The second kappa shape index (κ2) is 6.33. The summed E-state index contributed by atoms with van der Waals surface area (Å²) in [7, 11) is 0. The third-order valence-electron chi connectivity index (χ3n) is 3.34. The monoisotopic (exact) mass is 282 g/mol. The summed E-state index contributed by atoms with van der Waals surface area (Å²) >= 11 is 0. The van der Waals surface area contributed by atoms with Gasteiger partial charge in [-0.2, -0.15) is 0 Å². The molecule has 2 aromatic carbocycles. The van der Waals surface area contributed by atoms with Crippen molar-refractivity contribution >= 4 is 11.7 Å². The van der Waals surface area contributed by atoms with Crippen molar-refractivity contribution in [2.45, 2.75) is 19.4 Å². The molecule has 4 heteroatoms. The number of amides is 1. The molecule has 0 spiro atoms. The van der Waals surface area contributed by atoms with Crippen LogP contribution >= 0.6 is 0 Å². The largest absolute Gasteiger partial charge is 0.370 e. The number of carbonyl (C=O) groups excluding carboxylic acids is 2. The topological polar surface area (TPSA) is 86.2 Å². The Bertz CT molecular complexity index is 680. The Hall–Kier alpha value is -2.46. The molecule has 0 bridgehead atoms. The van der Waals surface area contributed by atoms with E-state index in [-0.39, 0.29) is 12.2 Å². The van der Waals surface area contributed by atoms with Crippen molar-refractivity contribution < 1.29 is 9.59 Å². The third kappa shape index (κ3) is 3.77. The number of ketones is 1. The fourth-order valence-corrected chi connectivity index (χ4v) is 2.20. The first kappa shape index (κ1) is 14.9. The molecular formula is C17H18N2O2. The lowest BCUT2D eigenvalue weighted by atomic mass is 9.97. The van der Waals surface area contributed by atoms with Gasteiger partial charge in [0, 0.05) is 18.0 Å². The highest BCUT2D eigenvalue weighted by molar-refractivity contribution is 5.95. The maximum absolute atomic E-state index is 11.5. The van der Waals surface area contributed by atoms with E-state index < -0.39 is 11.9 Å². The van der Waals surface area contributed by atoms with E-state index in [9.17, 15) is 9.59 Å². The molecule has 21 heavy (non-hydrogen) atoms. The van der Waals surface area contributed by atoms with Gasteiger partial charge in [0.15, 0.2) is 5.78 Å². The first-order chi connectivity index (χ1) is 9.97. The molecule has 0 aliphatic rings. The summed E-state index contributed by atoms with van der Waals surface area (Å²) in [4.78, 5) is 22.4. The van der Waals surface area contributed by atoms with Crippen LogP contribution in [0.1, 0.15) is 35.3 Å². The molecule has 0 saturated heterocycles. The van der Waals surface area contributed by atoms with Gasteiger partial charge in [0.05, 0.1) is 0 Å². The van der Waals surface area contributed by atoms with Crippen LogP contribution in [0.2, 0.25) is 0 Å². The lowest BCUT2D eigenvalue weighted by molar-refractivity contribution is -0.118. The molecule has 0 aliphatic carbocycles. The van der Waals surface area contributed by atoms with Crippen molar-refractivity contribution in [2.24, 2.45) is 11.5 Å². The van der Waals surface area contributed by atoms with Crippen molar-refractivity contribution in [3.63, 3.8) is 0 Å². The van der Waals surface area contributed by atoms with Crippen molar-refractivity contribution in [1.29, 1.82) is 0 Å². The van der Waals surface area contributed by atoms with E-state index in [2.05, 4.69) is 0 Å². The van der Waals surface area contributed by atoms with Gasteiger partial charge in [-0.05, 0) is 35.7 Å². The van der Waals surface area contributed by atoms with Gasteiger partial charge in [-0.3, -0.25) is 9.59 Å².